The van der Waals surface area contributed by atoms with Crippen molar-refractivity contribution < 1.29 is 19.0 Å². The molecule has 0 spiro atoms. The summed E-state index contributed by atoms with van der Waals surface area (Å²) in [5.74, 6) is 1.74. The molecular weight excluding hydrogens is 423 g/mol. The summed E-state index contributed by atoms with van der Waals surface area (Å²) in [5.41, 5.74) is 1.24. The summed E-state index contributed by atoms with van der Waals surface area (Å²) in [5, 5.41) is 29.0. The van der Waals surface area contributed by atoms with E-state index in [0.29, 0.717) is 30.2 Å². The Morgan fingerprint density at radius 3 is 3.07 bits per heavy atom. The number of hydrogen-bond donors (Lipinski definition) is 4. The van der Waals surface area contributed by atoms with Crippen molar-refractivity contribution in [3.8, 4) is 0 Å². The highest BCUT2D eigenvalue weighted by molar-refractivity contribution is 9.10. The molecule has 0 radical (unpaired) electrons. The number of hydrogen-bond acceptors (Lipinski definition) is 8. The summed E-state index contributed by atoms with van der Waals surface area (Å²) in [6.45, 7) is 0.534. The summed E-state index contributed by atoms with van der Waals surface area (Å²) in [7, 11) is 0. The van der Waals surface area contributed by atoms with Gasteiger partial charge in [-0.2, -0.15) is 0 Å². The van der Waals surface area contributed by atoms with E-state index in [4.69, 9.17) is 4.63 Å². The number of carbonyl (C=O) groups excluding carboxylic acids is 1. The summed E-state index contributed by atoms with van der Waals surface area (Å²) < 4.78 is 18.3. The predicted octanol–water partition coefficient (Wildman–Crippen LogP) is 2.49. The number of rotatable bonds is 6. The Balaban J connectivity index is 1.62. The maximum absolute atomic E-state index is 13.3. The van der Waals surface area contributed by atoms with Crippen LogP contribution in [0.1, 0.15) is 25.0 Å². The average Bonchev–Trinajstić information content (AvgIpc) is 3.32. The number of aromatic nitrogens is 2. The van der Waals surface area contributed by atoms with E-state index >= 15 is 0 Å². The fourth-order valence-corrected chi connectivity index (χ4v) is 3.05. The van der Waals surface area contributed by atoms with Gasteiger partial charge in [0.25, 0.3) is 0 Å². The lowest BCUT2D eigenvalue weighted by Crippen LogP contribution is -2.24. The van der Waals surface area contributed by atoms with Crippen LogP contribution in [0.4, 0.5) is 15.9 Å². The standard InChI is InChI=1S/C16H16BrFN6O3/c17-12-7-10(3-4-13(12)18)21-16(22-26)14-15(24-27-23-14)19-6-5-9-1-2-11(8-25)20-9/h3-4,7,9,20,26H,1-2,5-6H2,(H,19,24)(H,21,22). The zero-order chi connectivity index (χ0) is 19.2. The first-order valence-electron chi connectivity index (χ1n) is 8.12. The smallest absolute Gasteiger partial charge is 0.203 e. The molecule has 0 amide bonds. The molecule has 1 aliphatic rings. The summed E-state index contributed by atoms with van der Waals surface area (Å²) in [6.07, 6.45) is 2.30. The van der Waals surface area contributed by atoms with Gasteiger partial charge in [0.1, 0.15) is 11.8 Å². The molecule has 3 rings (SSSR count). The van der Waals surface area contributed by atoms with Gasteiger partial charge in [-0.1, -0.05) is 5.16 Å². The molecule has 27 heavy (non-hydrogen) atoms. The van der Waals surface area contributed by atoms with Crippen molar-refractivity contribution in [3.05, 3.63) is 39.9 Å². The van der Waals surface area contributed by atoms with Crippen molar-refractivity contribution in [1.82, 2.24) is 15.6 Å². The second-order valence-electron chi connectivity index (χ2n) is 5.84. The van der Waals surface area contributed by atoms with E-state index in [1.54, 1.807) is 0 Å². The van der Waals surface area contributed by atoms with E-state index in [2.05, 4.69) is 47.3 Å². The van der Waals surface area contributed by atoms with E-state index in [1.165, 1.54) is 18.2 Å². The first-order valence-corrected chi connectivity index (χ1v) is 8.91. The molecule has 1 aromatic carbocycles. The Labute approximate surface area is 161 Å². The lowest BCUT2D eigenvalue weighted by atomic mass is 10.1. The Kier molecular flexibility index (Phi) is 6.05. The van der Waals surface area contributed by atoms with Crippen LogP contribution in [0.5, 0.6) is 0 Å². The van der Waals surface area contributed by atoms with Gasteiger partial charge in [0.05, 0.1) is 10.2 Å². The molecule has 142 valence electrons. The van der Waals surface area contributed by atoms with E-state index in [1.807, 2.05) is 5.94 Å². The van der Waals surface area contributed by atoms with Gasteiger partial charge < -0.3 is 21.2 Å². The normalized spacial score (nSPS) is 16.7. The van der Waals surface area contributed by atoms with Crippen molar-refractivity contribution in [3.63, 3.8) is 0 Å². The highest BCUT2D eigenvalue weighted by Crippen LogP contribution is 2.22. The summed E-state index contributed by atoms with van der Waals surface area (Å²) >= 11 is 3.09. The number of oxime groups is 1. The molecule has 1 atom stereocenters. The van der Waals surface area contributed by atoms with E-state index in [9.17, 15) is 14.4 Å². The van der Waals surface area contributed by atoms with Crippen LogP contribution in [0, 0.1) is 5.82 Å². The lowest BCUT2D eigenvalue weighted by molar-refractivity contribution is 0.305. The zero-order valence-electron chi connectivity index (χ0n) is 14.0. The third-order valence-electron chi connectivity index (χ3n) is 4.02. The summed E-state index contributed by atoms with van der Waals surface area (Å²) in [4.78, 5) is 10.6. The maximum atomic E-state index is 13.3. The first kappa shape index (κ1) is 18.9. The molecule has 1 fully saturated rings. The number of amidine groups is 1. The molecule has 0 bridgehead atoms. The van der Waals surface area contributed by atoms with Crippen molar-refractivity contribution in [1.29, 1.82) is 0 Å². The maximum Gasteiger partial charge on any atom is 0.203 e. The third-order valence-corrected chi connectivity index (χ3v) is 4.63. The van der Waals surface area contributed by atoms with Crippen LogP contribution in [-0.2, 0) is 4.79 Å². The van der Waals surface area contributed by atoms with Crippen LogP contribution in [0.25, 0.3) is 0 Å². The fourth-order valence-electron chi connectivity index (χ4n) is 2.67. The molecule has 1 aliphatic heterocycles. The second-order valence-corrected chi connectivity index (χ2v) is 6.69. The highest BCUT2D eigenvalue weighted by atomic mass is 79.9. The van der Waals surface area contributed by atoms with Gasteiger partial charge >= 0.3 is 0 Å². The van der Waals surface area contributed by atoms with Gasteiger partial charge in [-0.15, -0.1) is 0 Å². The van der Waals surface area contributed by atoms with Crippen molar-refractivity contribution >= 4 is 39.2 Å². The van der Waals surface area contributed by atoms with Crippen LogP contribution in [-0.4, -0.2) is 39.9 Å². The van der Waals surface area contributed by atoms with Gasteiger partial charge in [-0.05, 0) is 63.7 Å². The number of nitrogens with one attached hydrogen (secondary N) is 3. The monoisotopic (exact) mass is 438 g/mol. The Morgan fingerprint density at radius 2 is 2.37 bits per heavy atom. The molecule has 1 saturated heterocycles. The number of allylic oxidation sites excluding steroid dienone is 1. The quantitative estimate of drug-likeness (QED) is 0.178. The lowest BCUT2D eigenvalue weighted by Gasteiger charge is -2.11. The summed E-state index contributed by atoms with van der Waals surface area (Å²) in [6, 6.07) is 4.41. The molecule has 4 N–H and O–H groups in total. The van der Waals surface area contributed by atoms with Crippen LogP contribution < -0.4 is 16.0 Å². The van der Waals surface area contributed by atoms with E-state index in [-0.39, 0.29) is 22.0 Å². The molecule has 1 unspecified atom stereocenters. The molecule has 1 aromatic heterocycles. The highest BCUT2D eigenvalue weighted by Gasteiger charge is 2.21. The van der Waals surface area contributed by atoms with Crippen molar-refractivity contribution in [2.24, 2.45) is 5.16 Å². The topological polar surface area (TPSA) is 125 Å². The minimum absolute atomic E-state index is 0.0116. The number of anilines is 2. The van der Waals surface area contributed by atoms with Crippen molar-refractivity contribution in [2.75, 3.05) is 17.2 Å². The van der Waals surface area contributed by atoms with Gasteiger partial charge in [-0.25, -0.2) is 13.8 Å². The molecule has 2 aromatic rings. The predicted molar refractivity (Wildman–Crippen MR) is 98.8 cm³/mol. The molecular formula is C16H16BrFN6O3. The number of benzene rings is 1. The van der Waals surface area contributed by atoms with Crippen LogP contribution in [0.3, 0.4) is 0 Å². The Morgan fingerprint density at radius 1 is 1.52 bits per heavy atom. The van der Waals surface area contributed by atoms with Crippen molar-refractivity contribution in [2.45, 2.75) is 25.3 Å². The minimum atomic E-state index is -0.415. The minimum Gasteiger partial charge on any atom is -0.409 e. The van der Waals surface area contributed by atoms with Gasteiger partial charge in [0.2, 0.25) is 11.7 Å². The molecule has 0 saturated carbocycles. The largest absolute Gasteiger partial charge is 0.409 e. The average molecular weight is 439 g/mol. The first-order chi connectivity index (χ1) is 13.1. The Hall–Kier alpha value is -2.91. The molecule has 11 heteroatoms. The van der Waals surface area contributed by atoms with Gasteiger partial charge in [-0.3, -0.25) is 0 Å². The molecule has 9 nitrogen and oxygen atoms in total. The second kappa shape index (κ2) is 8.65. The van der Waals surface area contributed by atoms with E-state index < -0.39 is 5.82 Å². The van der Waals surface area contributed by atoms with Crippen LogP contribution in [0.15, 0.2) is 38.2 Å². The number of halogens is 2. The Bertz CT molecular complexity index is 896. The van der Waals surface area contributed by atoms with Crippen LogP contribution in [0.2, 0.25) is 0 Å². The van der Waals surface area contributed by atoms with Gasteiger partial charge in [0.15, 0.2) is 5.69 Å². The van der Waals surface area contributed by atoms with E-state index in [0.717, 1.165) is 12.8 Å². The SMILES string of the molecule is O=C=C1CCC(CCNc2nonc2C(=NO)Nc2ccc(F)c(Br)c2)N1. The van der Waals surface area contributed by atoms with Gasteiger partial charge in [0, 0.05) is 18.3 Å². The zero-order valence-corrected chi connectivity index (χ0v) is 15.6. The van der Waals surface area contributed by atoms with Crippen LogP contribution >= 0.6 is 15.9 Å². The third kappa shape index (κ3) is 4.63. The fraction of sp³-hybridized carbons (Fsp3) is 0.312. The number of nitrogens with zero attached hydrogens (tertiary/aromatic N) is 3. The molecule has 2 heterocycles. The molecule has 0 aliphatic carbocycles.